The minimum atomic E-state index is -0.239. The number of amides is 1. The number of phenolic OH excluding ortho intramolecular Hbond substituents is 1. The van der Waals surface area contributed by atoms with E-state index in [1.165, 1.54) is 19.2 Å². The summed E-state index contributed by atoms with van der Waals surface area (Å²) in [5.41, 5.74) is 6.57. The Labute approximate surface area is 76.4 Å². The molecule has 13 heavy (non-hydrogen) atoms. The molecule has 4 N–H and O–H groups in total. The number of phenols is 1. The molecule has 0 saturated carbocycles. The molecule has 4 heteroatoms. The van der Waals surface area contributed by atoms with Gasteiger partial charge in [-0.15, -0.1) is 0 Å². The summed E-state index contributed by atoms with van der Waals surface area (Å²) in [6.45, 7) is 0.281. The molecule has 0 saturated heterocycles. The summed E-state index contributed by atoms with van der Waals surface area (Å²) in [6, 6.07) is 4.55. The average Bonchev–Trinajstić information content (AvgIpc) is 2.16. The molecule has 0 unspecified atom stereocenters. The minimum Gasteiger partial charge on any atom is -0.508 e. The topological polar surface area (TPSA) is 75.3 Å². The Balaban J connectivity index is 3.15. The lowest BCUT2D eigenvalue weighted by Crippen LogP contribution is -2.20. The predicted molar refractivity (Wildman–Crippen MR) is 49.4 cm³/mol. The highest BCUT2D eigenvalue weighted by Gasteiger charge is 2.08. The van der Waals surface area contributed by atoms with Gasteiger partial charge in [-0.05, 0) is 17.7 Å². The molecule has 0 bridgehead atoms. The monoisotopic (exact) mass is 180 g/mol. The molecule has 0 aliphatic carbocycles. The molecule has 0 radical (unpaired) electrons. The third kappa shape index (κ3) is 1.97. The zero-order chi connectivity index (χ0) is 9.84. The number of aromatic hydroxyl groups is 1. The first kappa shape index (κ1) is 9.54. The van der Waals surface area contributed by atoms with Gasteiger partial charge in [-0.2, -0.15) is 0 Å². The molecular weight excluding hydrogens is 168 g/mol. The lowest BCUT2D eigenvalue weighted by atomic mass is 10.1. The van der Waals surface area contributed by atoms with Gasteiger partial charge in [-0.1, -0.05) is 6.07 Å². The Bertz CT molecular complexity index is 323. The van der Waals surface area contributed by atoms with Crippen LogP contribution in [0, 0.1) is 0 Å². The van der Waals surface area contributed by atoms with Gasteiger partial charge < -0.3 is 16.2 Å². The predicted octanol–water partition coefficient (Wildman–Crippen LogP) is 0.211. The summed E-state index contributed by atoms with van der Waals surface area (Å²) in [5, 5.41) is 11.6. The van der Waals surface area contributed by atoms with E-state index in [-0.39, 0.29) is 18.2 Å². The van der Waals surface area contributed by atoms with Gasteiger partial charge in [0, 0.05) is 19.2 Å². The number of benzene rings is 1. The summed E-state index contributed by atoms with van der Waals surface area (Å²) in [5.74, 6) is -0.174. The van der Waals surface area contributed by atoms with Gasteiger partial charge in [-0.3, -0.25) is 4.79 Å². The van der Waals surface area contributed by atoms with Crippen molar-refractivity contribution in [2.24, 2.45) is 5.73 Å². The van der Waals surface area contributed by atoms with E-state index >= 15 is 0 Å². The summed E-state index contributed by atoms with van der Waals surface area (Å²) < 4.78 is 0. The molecule has 1 aromatic rings. The van der Waals surface area contributed by atoms with Crippen LogP contribution in [0.15, 0.2) is 18.2 Å². The van der Waals surface area contributed by atoms with E-state index in [1.807, 2.05) is 0 Å². The van der Waals surface area contributed by atoms with Gasteiger partial charge in [0.05, 0.1) is 0 Å². The maximum Gasteiger partial charge on any atom is 0.251 e. The summed E-state index contributed by atoms with van der Waals surface area (Å²) in [6.07, 6.45) is 0. The third-order valence-corrected chi connectivity index (χ3v) is 1.79. The number of rotatable bonds is 2. The highest BCUT2D eigenvalue weighted by Crippen LogP contribution is 2.15. The van der Waals surface area contributed by atoms with Gasteiger partial charge in [0.15, 0.2) is 0 Å². The van der Waals surface area contributed by atoms with Crippen molar-refractivity contribution < 1.29 is 9.90 Å². The fourth-order valence-electron chi connectivity index (χ4n) is 1.09. The largest absolute Gasteiger partial charge is 0.508 e. The highest BCUT2D eigenvalue weighted by atomic mass is 16.3. The van der Waals surface area contributed by atoms with Crippen molar-refractivity contribution in [2.75, 3.05) is 7.05 Å². The molecule has 0 heterocycles. The first-order valence-corrected chi connectivity index (χ1v) is 3.93. The number of carbonyl (C=O) groups excluding carboxylic acids is 1. The van der Waals surface area contributed by atoms with Gasteiger partial charge in [0.25, 0.3) is 5.91 Å². The molecule has 0 fully saturated rings. The van der Waals surface area contributed by atoms with Crippen molar-refractivity contribution in [3.63, 3.8) is 0 Å². The van der Waals surface area contributed by atoms with Crippen LogP contribution < -0.4 is 11.1 Å². The quantitative estimate of drug-likeness (QED) is 0.609. The van der Waals surface area contributed by atoms with E-state index in [0.717, 1.165) is 5.56 Å². The van der Waals surface area contributed by atoms with Gasteiger partial charge >= 0.3 is 0 Å². The van der Waals surface area contributed by atoms with E-state index in [4.69, 9.17) is 10.8 Å². The van der Waals surface area contributed by atoms with Crippen LogP contribution >= 0.6 is 0 Å². The van der Waals surface area contributed by atoms with E-state index in [2.05, 4.69) is 5.32 Å². The van der Waals surface area contributed by atoms with Crippen LogP contribution in [-0.2, 0) is 6.54 Å². The van der Waals surface area contributed by atoms with E-state index < -0.39 is 0 Å². The van der Waals surface area contributed by atoms with Crippen molar-refractivity contribution in [1.29, 1.82) is 0 Å². The number of nitrogens with one attached hydrogen (secondary N) is 1. The Morgan fingerprint density at radius 3 is 2.85 bits per heavy atom. The van der Waals surface area contributed by atoms with Crippen molar-refractivity contribution in [1.82, 2.24) is 5.32 Å². The van der Waals surface area contributed by atoms with Gasteiger partial charge in [0.1, 0.15) is 5.75 Å². The van der Waals surface area contributed by atoms with E-state index in [9.17, 15) is 4.79 Å². The van der Waals surface area contributed by atoms with Crippen LogP contribution in [0.2, 0.25) is 0 Å². The zero-order valence-electron chi connectivity index (χ0n) is 7.37. The molecule has 1 rings (SSSR count). The Hall–Kier alpha value is -1.55. The van der Waals surface area contributed by atoms with Crippen LogP contribution in [0.25, 0.3) is 0 Å². The van der Waals surface area contributed by atoms with Crippen LogP contribution in [0.1, 0.15) is 15.9 Å². The maximum absolute atomic E-state index is 11.3. The van der Waals surface area contributed by atoms with Crippen molar-refractivity contribution in [2.45, 2.75) is 6.54 Å². The van der Waals surface area contributed by atoms with E-state index in [1.54, 1.807) is 6.07 Å². The Kier molecular flexibility index (Phi) is 2.87. The lowest BCUT2D eigenvalue weighted by molar-refractivity contribution is 0.0961. The first-order chi connectivity index (χ1) is 6.19. The number of nitrogens with two attached hydrogens (primary N) is 1. The molecule has 1 amide bonds. The summed E-state index contributed by atoms with van der Waals surface area (Å²) >= 11 is 0. The molecule has 0 aliphatic heterocycles. The average molecular weight is 180 g/mol. The Morgan fingerprint density at radius 1 is 1.62 bits per heavy atom. The fraction of sp³-hybridized carbons (Fsp3) is 0.222. The number of hydrogen-bond donors (Lipinski definition) is 3. The van der Waals surface area contributed by atoms with Crippen molar-refractivity contribution >= 4 is 5.91 Å². The zero-order valence-corrected chi connectivity index (χ0v) is 7.37. The van der Waals surface area contributed by atoms with Gasteiger partial charge in [-0.25, -0.2) is 0 Å². The second-order valence-corrected chi connectivity index (χ2v) is 2.62. The molecule has 0 spiro atoms. The maximum atomic E-state index is 11.3. The number of carbonyl (C=O) groups is 1. The van der Waals surface area contributed by atoms with Crippen LogP contribution in [0.5, 0.6) is 5.75 Å². The number of hydrogen-bond acceptors (Lipinski definition) is 3. The van der Waals surface area contributed by atoms with E-state index in [0.29, 0.717) is 5.56 Å². The molecule has 0 aliphatic rings. The second kappa shape index (κ2) is 3.91. The Morgan fingerprint density at radius 2 is 2.31 bits per heavy atom. The second-order valence-electron chi connectivity index (χ2n) is 2.62. The summed E-state index contributed by atoms with van der Waals surface area (Å²) in [7, 11) is 1.53. The molecule has 0 atom stereocenters. The van der Waals surface area contributed by atoms with Crippen LogP contribution in [0.3, 0.4) is 0 Å². The van der Waals surface area contributed by atoms with Crippen molar-refractivity contribution in [3.8, 4) is 5.75 Å². The molecule has 70 valence electrons. The third-order valence-electron chi connectivity index (χ3n) is 1.79. The lowest BCUT2D eigenvalue weighted by Gasteiger charge is -2.06. The normalized spacial score (nSPS) is 9.69. The molecule has 0 aromatic heterocycles. The van der Waals surface area contributed by atoms with Crippen LogP contribution in [-0.4, -0.2) is 18.1 Å². The van der Waals surface area contributed by atoms with Gasteiger partial charge in [0.2, 0.25) is 0 Å². The molecule has 1 aromatic carbocycles. The minimum absolute atomic E-state index is 0.0656. The first-order valence-electron chi connectivity index (χ1n) is 3.93. The SMILES string of the molecule is CNC(=O)c1cc(O)ccc1CN. The molecule has 4 nitrogen and oxygen atoms in total. The smallest absolute Gasteiger partial charge is 0.251 e. The fourth-order valence-corrected chi connectivity index (χ4v) is 1.09. The molecular formula is C9H12N2O2. The van der Waals surface area contributed by atoms with Crippen molar-refractivity contribution in [3.05, 3.63) is 29.3 Å². The standard InChI is InChI=1S/C9H12N2O2/c1-11-9(13)8-4-7(12)3-2-6(8)5-10/h2-4,12H,5,10H2,1H3,(H,11,13). The van der Waals surface area contributed by atoms with Crippen LogP contribution in [0.4, 0.5) is 0 Å². The highest BCUT2D eigenvalue weighted by molar-refractivity contribution is 5.95. The summed E-state index contributed by atoms with van der Waals surface area (Å²) in [4.78, 5) is 11.3.